The summed E-state index contributed by atoms with van der Waals surface area (Å²) in [5.74, 6) is -1.82. The maximum Gasteiger partial charge on any atom is 0.472 e. The van der Waals surface area contributed by atoms with Crippen LogP contribution in [0.25, 0.3) is 0 Å². The Morgan fingerprint density at radius 1 is 0.702 bits per heavy atom. The van der Waals surface area contributed by atoms with E-state index in [1.165, 1.54) is 38.5 Å². The van der Waals surface area contributed by atoms with Gasteiger partial charge in [0.15, 0.2) is 0 Å². The number of hydrogen-bond donors (Lipinski definition) is 3. The number of aliphatic carboxylic acids is 1. The van der Waals surface area contributed by atoms with Crippen molar-refractivity contribution >= 4 is 19.8 Å². The number of nitrogens with two attached hydrogens (primary N) is 1. The first-order chi connectivity index (χ1) is 22.7. The number of carbonyl (C=O) groups is 2. The summed E-state index contributed by atoms with van der Waals surface area (Å²) < 4.78 is 33.1. The molecule has 3 atom stereocenters. The minimum absolute atomic E-state index is 0.00111. The molecule has 0 fully saturated rings. The van der Waals surface area contributed by atoms with Gasteiger partial charge in [0.1, 0.15) is 12.1 Å². The molecule has 0 aromatic heterocycles. The van der Waals surface area contributed by atoms with E-state index in [1.807, 2.05) is 0 Å². The van der Waals surface area contributed by atoms with E-state index in [9.17, 15) is 19.0 Å². The monoisotopic (exact) mass is 685 g/mol. The molecule has 0 aliphatic carbocycles. The molecular weight excluding hydrogens is 621 g/mol. The zero-order valence-corrected chi connectivity index (χ0v) is 30.0. The molecule has 10 nitrogen and oxygen atoms in total. The summed E-state index contributed by atoms with van der Waals surface area (Å²) in [5.41, 5.74) is 5.32. The number of ether oxygens (including phenoxy) is 2. The Morgan fingerprint density at radius 2 is 1.23 bits per heavy atom. The fourth-order valence-corrected chi connectivity index (χ4v) is 5.08. The zero-order valence-electron chi connectivity index (χ0n) is 29.1. The fourth-order valence-electron chi connectivity index (χ4n) is 4.30. The van der Waals surface area contributed by atoms with Gasteiger partial charge in [-0.1, -0.05) is 107 Å². The van der Waals surface area contributed by atoms with E-state index in [0.717, 1.165) is 64.2 Å². The van der Waals surface area contributed by atoms with Crippen molar-refractivity contribution in [2.45, 2.75) is 142 Å². The second-order valence-electron chi connectivity index (χ2n) is 11.6. The summed E-state index contributed by atoms with van der Waals surface area (Å²) >= 11 is 0. The van der Waals surface area contributed by atoms with Gasteiger partial charge in [-0.05, 0) is 64.2 Å². The molecule has 0 spiro atoms. The third-order valence-electron chi connectivity index (χ3n) is 7.09. The van der Waals surface area contributed by atoms with Crippen molar-refractivity contribution in [1.29, 1.82) is 0 Å². The highest BCUT2D eigenvalue weighted by molar-refractivity contribution is 7.47. The van der Waals surface area contributed by atoms with Crippen LogP contribution < -0.4 is 5.73 Å². The Bertz CT molecular complexity index is 935. The Morgan fingerprint density at radius 3 is 1.87 bits per heavy atom. The van der Waals surface area contributed by atoms with E-state index < -0.39 is 45.1 Å². The molecule has 0 aliphatic heterocycles. The number of rotatable bonds is 33. The molecule has 11 heteroatoms. The predicted molar refractivity (Wildman–Crippen MR) is 189 cm³/mol. The second kappa shape index (κ2) is 32.5. The van der Waals surface area contributed by atoms with Crippen LogP contribution in [0.4, 0.5) is 0 Å². The molecule has 0 amide bonds. The SMILES string of the molecule is CC/C=C\C/C=C\C/C=C\CCCCCC(=O)OC(COCCCCCCCC/C=C\CCCC)COP(=O)(O)OCC(N)C(=O)O. The number of phosphoric ester groups is 1. The van der Waals surface area contributed by atoms with Crippen molar-refractivity contribution in [3.63, 3.8) is 0 Å². The molecule has 0 saturated carbocycles. The Kier molecular flexibility index (Phi) is 31.0. The van der Waals surface area contributed by atoms with Crippen LogP contribution in [0, 0.1) is 0 Å². The van der Waals surface area contributed by atoms with Crippen molar-refractivity contribution in [1.82, 2.24) is 0 Å². The van der Waals surface area contributed by atoms with Crippen molar-refractivity contribution < 1.29 is 42.7 Å². The molecule has 0 saturated heterocycles. The summed E-state index contributed by atoms with van der Waals surface area (Å²) in [6.45, 7) is 3.64. The van der Waals surface area contributed by atoms with Gasteiger partial charge in [0.2, 0.25) is 0 Å². The number of carbonyl (C=O) groups excluding carboxylic acids is 1. The van der Waals surface area contributed by atoms with Crippen molar-refractivity contribution in [2.24, 2.45) is 5.73 Å². The van der Waals surface area contributed by atoms with Crippen LogP contribution in [0.1, 0.15) is 129 Å². The molecule has 47 heavy (non-hydrogen) atoms. The van der Waals surface area contributed by atoms with E-state index in [0.29, 0.717) is 13.0 Å². The lowest BCUT2D eigenvalue weighted by molar-refractivity contribution is -0.154. The van der Waals surface area contributed by atoms with Crippen LogP contribution in [0.15, 0.2) is 48.6 Å². The van der Waals surface area contributed by atoms with Gasteiger partial charge in [0.25, 0.3) is 0 Å². The number of hydrogen-bond acceptors (Lipinski definition) is 8. The lowest BCUT2D eigenvalue weighted by Gasteiger charge is -2.20. The van der Waals surface area contributed by atoms with Crippen LogP contribution in [0.5, 0.6) is 0 Å². The topological polar surface area (TPSA) is 155 Å². The number of carboxylic acids is 1. The highest BCUT2D eigenvalue weighted by Gasteiger charge is 2.27. The van der Waals surface area contributed by atoms with Gasteiger partial charge in [-0.3, -0.25) is 18.6 Å². The maximum absolute atomic E-state index is 12.5. The zero-order chi connectivity index (χ0) is 34.9. The molecule has 3 unspecified atom stereocenters. The third kappa shape index (κ3) is 32.3. The predicted octanol–water partition coefficient (Wildman–Crippen LogP) is 8.75. The third-order valence-corrected chi connectivity index (χ3v) is 8.04. The molecule has 0 radical (unpaired) electrons. The van der Waals surface area contributed by atoms with Crippen LogP contribution >= 0.6 is 7.82 Å². The number of carboxylic acid groups (broad SMARTS) is 1. The molecular formula is C36H64NO9P. The summed E-state index contributed by atoms with van der Waals surface area (Å²) in [6, 6.07) is -1.48. The molecule has 0 aliphatic rings. The quantitative estimate of drug-likeness (QED) is 0.0264. The van der Waals surface area contributed by atoms with Gasteiger partial charge in [0, 0.05) is 13.0 Å². The largest absolute Gasteiger partial charge is 0.480 e. The highest BCUT2D eigenvalue weighted by Crippen LogP contribution is 2.43. The summed E-state index contributed by atoms with van der Waals surface area (Å²) in [6.07, 6.45) is 34.6. The van der Waals surface area contributed by atoms with E-state index in [1.54, 1.807) is 0 Å². The van der Waals surface area contributed by atoms with Gasteiger partial charge in [-0.25, -0.2) is 4.57 Å². The van der Waals surface area contributed by atoms with Crippen LogP contribution in [-0.4, -0.2) is 60.5 Å². The van der Waals surface area contributed by atoms with E-state index in [-0.39, 0.29) is 13.0 Å². The van der Waals surface area contributed by atoms with E-state index in [2.05, 4.69) is 67.0 Å². The minimum atomic E-state index is -4.62. The number of allylic oxidation sites excluding steroid dienone is 8. The molecule has 0 aromatic carbocycles. The van der Waals surface area contributed by atoms with Gasteiger partial charge in [-0.2, -0.15) is 0 Å². The van der Waals surface area contributed by atoms with Crippen LogP contribution in [0.2, 0.25) is 0 Å². The minimum Gasteiger partial charge on any atom is -0.480 e. The molecule has 4 N–H and O–H groups in total. The highest BCUT2D eigenvalue weighted by atomic mass is 31.2. The molecule has 272 valence electrons. The smallest absolute Gasteiger partial charge is 0.472 e. The van der Waals surface area contributed by atoms with Crippen LogP contribution in [0.3, 0.4) is 0 Å². The van der Waals surface area contributed by atoms with Crippen LogP contribution in [-0.2, 0) is 32.7 Å². The standard InChI is InChI=1S/C36H64NO9P/c1-3-5-7-9-11-13-15-17-18-20-22-24-26-28-35(38)46-33(31-44-47(41,42)45-32-34(37)36(39)40)30-43-29-27-25-23-21-19-16-14-12-10-8-6-4-2/h5,7,10-13,17-18,33-34H,3-4,6,8-9,14-16,19-32,37H2,1-2H3,(H,39,40)(H,41,42)/b7-5-,12-10-,13-11-,18-17-. The van der Waals surface area contributed by atoms with E-state index in [4.69, 9.17) is 24.8 Å². The normalized spacial score (nSPS) is 14.8. The Balaban J connectivity index is 4.42. The average molecular weight is 686 g/mol. The summed E-state index contributed by atoms with van der Waals surface area (Å²) in [5, 5.41) is 8.84. The molecule has 0 rings (SSSR count). The Hall–Kier alpha value is -2.07. The maximum atomic E-state index is 12.5. The first kappa shape index (κ1) is 44.9. The van der Waals surface area contributed by atoms with Crippen molar-refractivity contribution in [3.05, 3.63) is 48.6 Å². The van der Waals surface area contributed by atoms with Gasteiger partial charge in [-0.15, -0.1) is 0 Å². The van der Waals surface area contributed by atoms with Gasteiger partial charge in [0.05, 0.1) is 19.8 Å². The molecule has 0 bridgehead atoms. The van der Waals surface area contributed by atoms with Crippen molar-refractivity contribution in [3.8, 4) is 0 Å². The first-order valence-electron chi connectivity index (χ1n) is 17.7. The number of phosphoric acid groups is 1. The van der Waals surface area contributed by atoms with Gasteiger partial charge >= 0.3 is 19.8 Å². The molecule has 0 aromatic rings. The lowest BCUT2D eigenvalue weighted by atomic mass is 10.1. The average Bonchev–Trinajstić information content (AvgIpc) is 3.04. The first-order valence-corrected chi connectivity index (χ1v) is 19.2. The Labute approximate surface area is 284 Å². The second-order valence-corrected chi connectivity index (χ2v) is 13.1. The molecule has 0 heterocycles. The van der Waals surface area contributed by atoms with E-state index >= 15 is 0 Å². The fraction of sp³-hybridized carbons (Fsp3) is 0.722. The summed E-state index contributed by atoms with van der Waals surface area (Å²) in [7, 11) is -4.62. The number of esters is 1. The van der Waals surface area contributed by atoms with Crippen molar-refractivity contribution in [2.75, 3.05) is 26.4 Å². The summed E-state index contributed by atoms with van der Waals surface area (Å²) in [4.78, 5) is 33.3. The van der Waals surface area contributed by atoms with Gasteiger partial charge < -0.3 is 25.2 Å². The number of unbranched alkanes of at least 4 members (excludes halogenated alkanes) is 11. The lowest BCUT2D eigenvalue weighted by Crippen LogP contribution is -2.34.